The summed E-state index contributed by atoms with van der Waals surface area (Å²) in [6.45, 7) is 1.88. The Kier molecular flexibility index (Phi) is 2.73. The zero-order chi connectivity index (χ0) is 11.8. The number of nitrogens with zero attached hydrogens (tertiary/aromatic N) is 2. The molecule has 2 aromatic rings. The molecule has 0 aromatic carbocycles. The second kappa shape index (κ2) is 3.91. The van der Waals surface area contributed by atoms with Crippen LogP contribution in [-0.4, -0.2) is 23.6 Å². The molecule has 0 fully saturated rings. The summed E-state index contributed by atoms with van der Waals surface area (Å²) < 4.78 is 27.3. The first-order valence-corrected chi connectivity index (χ1v) is 6.77. The molecule has 0 atom stereocenters. The molecule has 0 radical (unpaired) electrons. The van der Waals surface area contributed by atoms with Crippen molar-refractivity contribution in [3.63, 3.8) is 0 Å². The molecule has 0 aliphatic heterocycles. The summed E-state index contributed by atoms with van der Waals surface area (Å²) in [7, 11) is 1.44. The van der Waals surface area contributed by atoms with Gasteiger partial charge in [-0.25, -0.2) is 8.42 Å². The number of aromatic amines is 1. The van der Waals surface area contributed by atoms with Crippen molar-refractivity contribution in [2.45, 2.75) is 18.2 Å². The number of hydrogen-bond donors (Lipinski definition) is 1. The Morgan fingerprint density at radius 3 is 2.75 bits per heavy atom. The van der Waals surface area contributed by atoms with E-state index in [-0.39, 0.29) is 10.8 Å². The molecule has 1 N–H and O–H groups in total. The monoisotopic (exact) mass is 261 g/mol. The van der Waals surface area contributed by atoms with E-state index in [0.29, 0.717) is 18.0 Å². The number of aromatic nitrogens is 3. The zero-order valence-electron chi connectivity index (χ0n) is 8.27. The zero-order valence-corrected chi connectivity index (χ0v) is 9.84. The quantitative estimate of drug-likeness (QED) is 0.847. The van der Waals surface area contributed by atoms with Gasteiger partial charge in [-0.3, -0.25) is 0 Å². The van der Waals surface area contributed by atoms with Crippen LogP contribution >= 0.6 is 10.7 Å². The van der Waals surface area contributed by atoms with Crippen molar-refractivity contribution in [2.24, 2.45) is 0 Å². The van der Waals surface area contributed by atoms with Gasteiger partial charge in [-0.1, -0.05) is 6.92 Å². The summed E-state index contributed by atoms with van der Waals surface area (Å²) in [6, 6.07) is 1.34. The van der Waals surface area contributed by atoms with Gasteiger partial charge in [0, 0.05) is 23.3 Å². The smallest absolute Gasteiger partial charge is 0.264 e. The highest BCUT2D eigenvalue weighted by Crippen LogP contribution is 2.22. The van der Waals surface area contributed by atoms with Crippen LogP contribution in [0.2, 0.25) is 0 Å². The van der Waals surface area contributed by atoms with Crippen molar-refractivity contribution < 1.29 is 12.8 Å². The Morgan fingerprint density at radius 2 is 2.25 bits per heavy atom. The topological polar surface area (TPSA) is 88.9 Å². The highest BCUT2D eigenvalue weighted by atomic mass is 35.7. The Bertz CT molecular complexity index is 602. The Labute approximate surface area is 96.1 Å². The number of hydrogen-bond acceptors (Lipinski definition) is 5. The fourth-order valence-electron chi connectivity index (χ4n) is 1.14. The summed E-state index contributed by atoms with van der Waals surface area (Å²) in [5.74, 6) is 0.725. The molecule has 0 aliphatic rings. The van der Waals surface area contributed by atoms with Gasteiger partial charge in [0.25, 0.3) is 14.9 Å². The highest BCUT2D eigenvalue weighted by molar-refractivity contribution is 8.13. The molecular formula is C8H8ClN3O3S. The van der Waals surface area contributed by atoms with Crippen LogP contribution in [0.1, 0.15) is 12.8 Å². The SMILES string of the molecule is CCc1nnc(-c2cc(S(=O)(=O)Cl)c[nH]2)o1. The Morgan fingerprint density at radius 1 is 1.50 bits per heavy atom. The summed E-state index contributed by atoms with van der Waals surface area (Å²) in [5, 5.41) is 7.53. The third-order valence-corrected chi connectivity index (χ3v) is 3.27. The van der Waals surface area contributed by atoms with E-state index in [1.54, 1.807) is 0 Å². The predicted octanol–water partition coefficient (Wildman–Crippen LogP) is 1.55. The molecule has 0 spiro atoms. The van der Waals surface area contributed by atoms with E-state index in [1.165, 1.54) is 12.3 Å². The molecule has 2 aromatic heterocycles. The first kappa shape index (κ1) is 11.2. The molecule has 8 heteroatoms. The van der Waals surface area contributed by atoms with Crippen molar-refractivity contribution in [3.8, 4) is 11.6 Å². The van der Waals surface area contributed by atoms with Crippen LogP contribution in [0.4, 0.5) is 0 Å². The molecule has 0 bridgehead atoms. The summed E-state index contributed by atoms with van der Waals surface area (Å²) in [4.78, 5) is 2.68. The molecule has 6 nitrogen and oxygen atoms in total. The van der Waals surface area contributed by atoms with E-state index in [0.717, 1.165) is 0 Å². The van der Waals surface area contributed by atoms with Gasteiger partial charge in [0.15, 0.2) is 0 Å². The van der Waals surface area contributed by atoms with Gasteiger partial charge in [-0.15, -0.1) is 10.2 Å². The van der Waals surface area contributed by atoms with Crippen LogP contribution in [0.15, 0.2) is 21.6 Å². The minimum Gasteiger partial charge on any atom is -0.419 e. The molecule has 0 unspecified atom stereocenters. The molecule has 0 saturated carbocycles. The molecule has 0 saturated heterocycles. The number of halogens is 1. The summed E-state index contributed by atoms with van der Waals surface area (Å²) in [5.41, 5.74) is 0.423. The lowest BCUT2D eigenvalue weighted by Crippen LogP contribution is -1.85. The molecule has 16 heavy (non-hydrogen) atoms. The van der Waals surface area contributed by atoms with E-state index in [9.17, 15) is 8.42 Å². The number of H-pyrrole nitrogens is 1. The lowest BCUT2D eigenvalue weighted by Gasteiger charge is -1.87. The number of rotatable bonds is 3. The molecule has 86 valence electrons. The van der Waals surface area contributed by atoms with E-state index >= 15 is 0 Å². The van der Waals surface area contributed by atoms with Crippen LogP contribution in [0, 0.1) is 0 Å². The van der Waals surface area contributed by atoms with Crippen molar-refractivity contribution in [1.82, 2.24) is 15.2 Å². The Balaban J connectivity index is 2.39. The fourth-order valence-corrected chi connectivity index (χ4v) is 1.87. The highest BCUT2D eigenvalue weighted by Gasteiger charge is 2.15. The first-order chi connectivity index (χ1) is 7.50. The van der Waals surface area contributed by atoms with Crippen molar-refractivity contribution in [3.05, 3.63) is 18.2 Å². The Hall–Kier alpha value is -1.34. The van der Waals surface area contributed by atoms with Crippen LogP contribution < -0.4 is 0 Å². The lowest BCUT2D eigenvalue weighted by molar-refractivity contribution is 0.511. The molecule has 2 rings (SSSR count). The van der Waals surface area contributed by atoms with Crippen LogP contribution in [0.3, 0.4) is 0 Å². The number of nitrogens with one attached hydrogen (secondary N) is 1. The van der Waals surface area contributed by atoms with Crippen molar-refractivity contribution in [2.75, 3.05) is 0 Å². The lowest BCUT2D eigenvalue weighted by atomic mass is 10.4. The molecule has 0 aliphatic carbocycles. The molecule has 0 amide bonds. The molecular weight excluding hydrogens is 254 g/mol. The van der Waals surface area contributed by atoms with Crippen molar-refractivity contribution >= 4 is 19.7 Å². The maximum absolute atomic E-state index is 11.0. The summed E-state index contributed by atoms with van der Waals surface area (Å²) >= 11 is 0. The maximum atomic E-state index is 11.0. The van der Waals surface area contributed by atoms with E-state index in [2.05, 4.69) is 15.2 Å². The second-order valence-corrected chi connectivity index (χ2v) is 5.61. The third kappa shape index (κ3) is 2.10. The van der Waals surface area contributed by atoms with Gasteiger partial charge in [-0.2, -0.15) is 0 Å². The average molecular weight is 262 g/mol. The number of aryl methyl sites for hydroxylation is 1. The third-order valence-electron chi connectivity index (χ3n) is 1.94. The van der Waals surface area contributed by atoms with E-state index in [4.69, 9.17) is 15.1 Å². The first-order valence-electron chi connectivity index (χ1n) is 4.46. The van der Waals surface area contributed by atoms with Gasteiger partial charge in [0.05, 0.1) is 0 Å². The normalized spacial score (nSPS) is 11.9. The van der Waals surface area contributed by atoms with E-state index in [1.807, 2.05) is 6.92 Å². The minimum atomic E-state index is -3.74. The van der Waals surface area contributed by atoms with Gasteiger partial charge in [-0.05, 0) is 6.07 Å². The van der Waals surface area contributed by atoms with Gasteiger partial charge in [0.2, 0.25) is 5.89 Å². The molecule has 2 heterocycles. The van der Waals surface area contributed by atoms with Crippen LogP contribution in [-0.2, 0) is 15.5 Å². The average Bonchev–Trinajstić information content (AvgIpc) is 2.85. The van der Waals surface area contributed by atoms with Gasteiger partial charge < -0.3 is 9.40 Å². The largest absolute Gasteiger partial charge is 0.419 e. The van der Waals surface area contributed by atoms with Gasteiger partial charge >= 0.3 is 0 Å². The maximum Gasteiger partial charge on any atom is 0.264 e. The van der Waals surface area contributed by atoms with E-state index < -0.39 is 9.05 Å². The van der Waals surface area contributed by atoms with Crippen LogP contribution in [0.25, 0.3) is 11.6 Å². The second-order valence-electron chi connectivity index (χ2n) is 3.04. The van der Waals surface area contributed by atoms with Crippen molar-refractivity contribution in [1.29, 1.82) is 0 Å². The minimum absolute atomic E-state index is 0.0274. The summed E-state index contributed by atoms with van der Waals surface area (Å²) in [6.07, 6.45) is 1.89. The van der Waals surface area contributed by atoms with Crippen LogP contribution in [0.5, 0.6) is 0 Å². The predicted molar refractivity (Wildman–Crippen MR) is 56.5 cm³/mol. The fraction of sp³-hybridized carbons (Fsp3) is 0.250. The standard InChI is InChI=1S/C8H8ClN3O3S/c1-2-7-11-12-8(15-7)6-3-5(4-10-6)16(9,13)14/h3-4,10H,2H2,1H3. The van der Waals surface area contributed by atoms with Gasteiger partial charge in [0.1, 0.15) is 10.6 Å².